The van der Waals surface area contributed by atoms with Gasteiger partial charge in [0.2, 0.25) is 0 Å². The van der Waals surface area contributed by atoms with Gasteiger partial charge >= 0.3 is 0 Å². The van der Waals surface area contributed by atoms with Crippen molar-refractivity contribution in [3.63, 3.8) is 0 Å². The molecule has 0 saturated carbocycles. The zero-order valence-corrected chi connectivity index (χ0v) is 13.0. The van der Waals surface area contributed by atoms with Crippen molar-refractivity contribution in [3.8, 4) is 12.3 Å². The van der Waals surface area contributed by atoms with Gasteiger partial charge in [-0.3, -0.25) is 0 Å². The molecule has 0 bridgehead atoms. The van der Waals surface area contributed by atoms with Crippen molar-refractivity contribution < 1.29 is 0 Å². The quantitative estimate of drug-likeness (QED) is 0.817. The first-order valence-electron chi connectivity index (χ1n) is 7.29. The summed E-state index contributed by atoms with van der Waals surface area (Å²) in [6.07, 6.45) is 6.18. The third kappa shape index (κ3) is 2.89. The fourth-order valence-corrected chi connectivity index (χ4v) is 2.59. The minimum absolute atomic E-state index is 0.508. The highest BCUT2D eigenvalue weighted by molar-refractivity contribution is 5.86. The maximum absolute atomic E-state index is 5.40. The average Bonchev–Trinajstić information content (AvgIpc) is 2.67. The Kier molecular flexibility index (Phi) is 4.52. The fourth-order valence-electron chi connectivity index (χ4n) is 2.59. The van der Waals surface area contributed by atoms with Crippen LogP contribution in [0.15, 0.2) is 18.2 Å². The molecule has 1 heterocycles. The molecular weight excluding hydrogens is 244 g/mol. The summed E-state index contributed by atoms with van der Waals surface area (Å²) in [5.74, 6) is 2.73. The second-order valence-electron chi connectivity index (χ2n) is 5.70. The first-order chi connectivity index (χ1) is 9.54. The van der Waals surface area contributed by atoms with Gasteiger partial charge in [0, 0.05) is 42.1 Å². The van der Waals surface area contributed by atoms with Crippen molar-refractivity contribution in [1.82, 2.24) is 9.88 Å². The van der Waals surface area contributed by atoms with Crippen LogP contribution < -0.4 is 5.32 Å². The summed E-state index contributed by atoms with van der Waals surface area (Å²) in [5.41, 5.74) is 5.32. The van der Waals surface area contributed by atoms with Crippen molar-refractivity contribution >= 4 is 10.9 Å². The van der Waals surface area contributed by atoms with Gasteiger partial charge in [0.1, 0.15) is 0 Å². The molecule has 1 N–H and O–H groups in total. The molecule has 106 valence electrons. The van der Waals surface area contributed by atoms with Crippen molar-refractivity contribution in [2.75, 3.05) is 0 Å². The molecule has 0 fully saturated rings. The SMILES string of the molecule is C#CCCn1c(C)c(C)c2cc(CNC(C)C)ccc21. The highest BCUT2D eigenvalue weighted by Gasteiger charge is 2.10. The van der Waals surface area contributed by atoms with Gasteiger partial charge < -0.3 is 9.88 Å². The van der Waals surface area contributed by atoms with E-state index in [2.05, 4.69) is 61.7 Å². The Bertz CT molecular complexity index is 641. The minimum Gasteiger partial charge on any atom is -0.344 e. The van der Waals surface area contributed by atoms with Crippen LogP contribution in [0.5, 0.6) is 0 Å². The largest absolute Gasteiger partial charge is 0.344 e. The predicted octanol–water partition coefficient (Wildman–Crippen LogP) is 3.78. The molecule has 0 unspecified atom stereocenters. The Balaban J connectivity index is 2.38. The molecule has 0 aliphatic rings. The highest BCUT2D eigenvalue weighted by atomic mass is 15.0. The van der Waals surface area contributed by atoms with Crippen molar-refractivity contribution in [3.05, 3.63) is 35.0 Å². The number of aromatic nitrogens is 1. The van der Waals surface area contributed by atoms with Crippen molar-refractivity contribution in [1.29, 1.82) is 0 Å². The van der Waals surface area contributed by atoms with Crippen molar-refractivity contribution in [2.45, 2.75) is 53.2 Å². The van der Waals surface area contributed by atoms with E-state index in [-0.39, 0.29) is 0 Å². The Hall–Kier alpha value is -1.72. The minimum atomic E-state index is 0.508. The topological polar surface area (TPSA) is 17.0 Å². The molecule has 0 radical (unpaired) electrons. The van der Waals surface area contributed by atoms with Gasteiger partial charge in [0.25, 0.3) is 0 Å². The van der Waals surface area contributed by atoms with Gasteiger partial charge in [-0.25, -0.2) is 0 Å². The molecule has 0 atom stereocenters. The molecule has 1 aromatic carbocycles. The Morgan fingerprint density at radius 2 is 2.05 bits per heavy atom. The molecule has 0 aliphatic carbocycles. The van der Waals surface area contributed by atoms with Gasteiger partial charge in [-0.05, 0) is 37.1 Å². The standard InChI is InChI=1S/C18H24N2/c1-6-7-10-20-15(5)14(4)17-11-16(8-9-18(17)20)12-19-13(2)3/h1,8-9,11,13,19H,7,10,12H2,2-5H3. The van der Waals surface area contributed by atoms with Gasteiger partial charge in [0.15, 0.2) is 0 Å². The van der Waals surface area contributed by atoms with Crippen molar-refractivity contribution in [2.24, 2.45) is 0 Å². The van der Waals surface area contributed by atoms with Crippen LogP contribution in [0.25, 0.3) is 10.9 Å². The number of nitrogens with zero attached hydrogens (tertiary/aromatic N) is 1. The van der Waals surface area contributed by atoms with Crippen LogP contribution in [0.4, 0.5) is 0 Å². The summed E-state index contributed by atoms with van der Waals surface area (Å²) in [7, 11) is 0. The van der Waals surface area contributed by atoms with E-state index in [1.54, 1.807) is 0 Å². The van der Waals surface area contributed by atoms with Crippen LogP contribution in [0.3, 0.4) is 0 Å². The van der Waals surface area contributed by atoms with E-state index < -0.39 is 0 Å². The van der Waals surface area contributed by atoms with Gasteiger partial charge in [0.05, 0.1) is 0 Å². The second-order valence-corrected chi connectivity index (χ2v) is 5.70. The number of terminal acetylenes is 1. The van der Waals surface area contributed by atoms with E-state index in [4.69, 9.17) is 6.42 Å². The Labute approximate surface area is 122 Å². The first kappa shape index (κ1) is 14.7. The summed E-state index contributed by atoms with van der Waals surface area (Å²) in [6.45, 7) is 10.5. The molecule has 2 rings (SSSR count). The summed E-state index contributed by atoms with van der Waals surface area (Å²) < 4.78 is 2.34. The maximum Gasteiger partial charge on any atom is 0.0485 e. The van der Waals surface area contributed by atoms with Gasteiger partial charge in [-0.1, -0.05) is 19.9 Å². The third-order valence-corrected chi connectivity index (χ3v) is 3.90. The highest BCUT2D eigenvalue weighted by Crippen LogP contribution is 2.26. The molecule has 0 amide bonds. The Morgan fingerprint density at radius 3 is 2.70 bits per heavy atom. The maximum atomic E-state index is 5.40. The lowest BCUT2D eigenvalue weighted by Gasteiger charge is -2.09. The lowest BCUT2D eigenvalue weighted by molar-refractivity contribution is 0.589. The molecule has 0 spiro atoms. The van der Waals surface area contributed by atoms with Gasteiger partial charge in [-0.15, -0.1) is 12.3 Å². The summed E-state index contributed by atoms with van der Waals surface area (Å²) in [4.78, 5) is 0. The second kappa shape index (κ2) is 6.15. The molecule has 20 heavy (non-hydrogen) atoms. The average molecular weight is 268 g/mol. The number of rotatable bonds is 5. The van der Waals surface area contributed by atoms with Crippen LogP contribution in [-0.2, 0) is 13.1 Å². The van der Waals surface area contributed by atoms with E-state index in [1.165, 1.54) is 27.7 Å². The number of nitrogens with one attached hydrogen (secondary N) is 1. The zero-order chi connectivity index (χ0) is 14.7. The fraction of sp³-hybridized carbons (Fsp3) is 0.444. The first-order valence-corrected chi connectivity index (χ1v) is 7.29. The zero-order valence-electron chi connectivity index (χ0n) is 13.0. The Morgan fingerprint density at radius 1 is 1.30 bits per heavy atom. The lowest BCUT2D eigenvalue weighted by Crippen LogP contribution is -2.21. The molecular formula is C18H24N2. The van der Waals surface area contributed by atoms with Crippen LogP contribution in [0.2, 0.25) is 0 Å². The van der Waals surface area contributed by atoms with E-state index in [9.17, 15) is 0 Å². The number of hydrogen-bond donors (Lipinski definition) is 1. The molecule has 2 nitrogen and oxygen atoms in total. The number of hydrogen-bond acceptors (Lipinski definition) is 1. The number of benzene rings is 1. The molecule has 2 heteroatoms. The molecule has 2 aromatic rings. The summed E-state index contributed by atoms with van der Waals surface area (Å²) >= 11 is 0. The summed E-state index contributed by atoms with van der Waals surface area (Å²) in [6, 6.07) is 7.25. The van der Waals surface area contributed by atoms with E-state index in [0.29, 0.717) is 6.04 Å². The monoisotopic (exact) mass is 268 g/mol. The van der Waals surface area contributed by atoms with Crippen LogP contribution in [0, 0.1) is 26.2 Å². The smallest absolute Gasteiger partial charge is 0.0485 e. The third-order valence-electron chi connectivity index (χ3n) is 3.90. The number of fused-ring (bicyclic) bond motifs is 1. The molecule has 0 saturated heterocycles. The normalized spacial score (nSPS) is 11.2. The molecule has 1 aromatic heterocycles. The van der Waals surface area contributed by atoms with Crippen LogP contribution in [0.1, 0.15) is 37.1 Å². The molecule has 0 aliphatic heterocycles. The predicted molar refractivity (Wildman–Crippen MR) is 86.8 cm³/mol. The van der Waals surface area contributed by atoms with Gasteiger partial charge in [-0.2, -0.15) is 0 Å². The number of aryl methyl sites for hydroxylation is 2. The van der Waals surface area contributed by atoms with Crippen LogP contribution in [-0.4, -0.2) is 10.6 Å². The van der Waals surface area contributed by atoms with E-state index in [0.717, 1.165) is 19.5 Å². The lowest BCUT2D eigenvalue weighted by atomic mass is 10.1. The summed E-state index contributed by atoms with van der Waals surface area (Å²) in [5, 5.41) is 4.82. The van der Waals surface area contributed by atoms with Crippen LogP contribution >= 0.6 is 0 Å². The van der Waals surface area contributed by atoms with E-state index >= 15 is 0 Å². The van der Waals surface area contributed by atoms with E-state index in [1.807, 2.05) is 0 Å².